The number of hydrogen-bond acceptors (Lipinski definition) is 4. The molecule has 0 unspecified atom stereocenters. The van der Waals surface area contributed by atoms with E-state index < -0.39 is 6.29 Å². The number of nitrogens with zero attached hydrogens (tertiary/aromatic N) is 1. The molecule has 0 aliphatic carbocycles. The Labute approximate surface area is 89.9 Å². The van der Waals surface area contributed by atoms with Crippen molar-refractivity contribution in [1.29, 1.82) is 0 Å². The van der Waals surface area contributed by atoms with E-state index in [0.29, 0.717) is 19.6 Å². The average molecular weight is 217 g/mol. The van der Waals surface area contributed by atoms with E-state index in [1.54, 1.807) is 0 Å². The lowest BCUT2D eigenvalue weighted by molar-refractivity contribution is -0.495. The maximum absolute atomic E-state index is 10.4. The lowest BCUT2D eigenvalue weighted by Gasteiger charge is -2.36. The van der Waals surface area contributed by atoms with Gasteiger partial charge in [0.15, 0.2) is 6.29 Å². The Morgan fingerprint density at radius 1 is 1.47 bits per heavy atom. The highest BCUT2D eigenvalue weighted by Crippen LogP contribution is 2.27. The Balaban J connectivity index is 2.46. The molecule has 1 atom stereocenters. The third-order valence-corrected chi connectivity index (χ3v) is 2.57. The number of rotatable bonds is 4. The Hall–Kier alpha value is -0.680. The summed E-state index contributed by atoms with van der Waals surface area (Å²) < 4.78 is 11.0. The van der Waals surface area contributed by atoms with Crippen molar-refractivity contribution in [1.82, 2.24) is 0 Å². The minimum absolute atomic E-state index is 0.0173. The minimum atomic E-state index is -0.409. The molecule has 0 aromatic rings. The summed E-state index contributed by atoms with van der Waals surface area (Å²) >= 11 is 0. The number of hydrogen-bond donors (Lipinski definition) is 0. The van der Waals surface area contributed by atoms with Crippen LogP contribution in [-0.2, 0) is 9.47 Å². The zero-order chi connectivity index (χ0) is 11.5. The van der Waals surface area contributed by atoms with Crippen LogP contribution >= 0.6 is 0 Å². The molecule has 15 heavy (non-hydrogen) atoms. The van der Waals surface area contributed by atoms with Gasteiger partial charge in [-0.2, -0.15) is 0 Å². The Morgan fingerprint density at radius 2 is 2.00 bits per heavy atom. The van der Waals surface area contributed by atoms with Crippen molar-refractivity contribution in [2.24, 2.45) is 11.3 Å². The van der Waals surface area contributed by atoms with Gasteiger partial charge in [-0.25, -0.2) is 0 Å². The van der Waals surface area contributed by atoms with Crippen LogP contribution < -0.4 is 0 Å². The predicted octanol–water partition coefficient (Wildman–Crippen LogP) is 1.69. The molecule has 0 bridgehead atoms. The van der Waals surface area contributed by atoms with E-state index in [9.17, 15) is 10.1 Å². The molecule has 1 aliphatic heterocycles. The van der Waals surface area contributed by atoms with Crippen LogP contribution in [0.1, 0.15) is 27.2 Å². The van der Waals surface area contributed by atoms with Crippen molar-refractivity contribution in [3.63, 3.8) is 0 Å². The molecular formula is C10H19NO4. The van der Waals surface area contributed by atoms with Crippen LogP contribution in [0.3, 0.4) is 0 Å². The normalized spacial score (nSPS) is 23.7. The van der Waals surface area contributed by atoms with Gasteiger partial charge in [-0.3, -0.25) is 10.1 Å². The largest absolute Gasteiger partial charge is 0.351 e. The Bertz CT molecular complexity index is 219. The van der Waals surface area contributed by atoms with E-state index >= 15 is 0 Å². The third-order valence-electron chi connectivity index (χ3n) is 2.57. The maximum atomic E-state index is 10.4. The van der Waals surface area contributed by atoms with Crippen molar-refractivity contribution >= 4 is 0 Å². The predicted molar refractivity (Wildman–Crippen MR) is 55.1 cm³/mol. The van der Waals surface area contributed by atoms with Crippen LogP contribution in [0.4, 0.5) is 0 Å². The van der Waals surface area contributed by atoms with E-state index in [0.717, 1.165) is 0 Å². The van der Waals surface area contributed by atoms with Gasteiger partial charge in [0, 0.05) is 10.3 Å². The third kappa shape index (κ3) is 3.76. The summed E-state index contributed by atoms with van der Waals surface area (Å²) in [5.74, 6) is -0.143. The fraction of sp³-hybridized carbons (Fsp3) is 1.00. The highest BCUT2D eigenvalue weighted by molar-refractivity contribution is 4.74. The van der Waals surface area contributed by atoms with E-state index in [1.807, 2.05) is 6.92 Å². The second kappa shape index (κ2) is 4.90. The van der Waals surface area contributed by atoms with Crippen LogP contribution in [0.25, 0.3) is 0 Å². The van der Waals surface area contributed by atoms with Crippen molar-refractivity contribution in [3.05, 3.63) is 10.1 Å². The van der Waals surface area contributed by atoms with E-state index in [-0.39, 0.29) is 22.8 Å². The van der Waals surface area contributed by atoms with Gasteiger partial charge in [0.05, 0.1) is 19.1 Å². The zero-order valence-corrected chi connectivity index (χ0v) is 9.56. The van der Waals surface area contributed by atoms with Crippen molar-refractivity contribution in [3.8, 4) is 0 Å². The van der Waals surface area contributed by atoms with Crippen LogP contribution in [0.15, 0.2) is 0 Å². The molecule has 1 aliphatic rings. The molecule has 0 aromatic heterocycles. The van der Waals surface area contributed by atoms with E-state index in [1.165, 1.54) is 0 Å². The van der Waals surface area contributed by atoms with Crippen LogP contribution in [-0.4, -0.2) is 31.0 Å². The summed E-state index contributed by atoms with van der Waals surface area (Å²) in [7, 11) is 0. The quantitative estimate of drug-likeness (QED) is 0.531. The first-order valence-electron chi connectivity index (χ1n) is 5.29. The van der Waals surface area contributed by atoms with Gasteiger partial charge in [0.25, 0.3) is 0 Å². The topological polar surface area (TPSA) is 61.6 Å². The lowest BCUT2D eigenvalue weighted by Crippen LogP contribution is -2.42. The fourth-order valence-corrected chi connectivity index (χ4v) is 1.58. The number of ether oxygens (including phenoxy) is 2. The molecule has 0 N–H and O–H groups in total. The molecule has 1 rings (SSSR count). The van der Waals surface area contributed by atoms with Crippen molar-refractivity contribution in [2.75, 3.05) is 19.8 Å². The molecule has 0 amide bonds. The zero-order valence-electron chi connectivity index (χ0n) is 9.56. The molecule has 5 heteroatoms. The first-order chi connectivity index (χ1) is 6.94. The van der Waals surface area contributed by atoms with Gasteiger partial charge < -0.3 is 9.47 Å². The molecule has 88 valence electrons. The summed E-state index contributed by atoms with van der Waals surface area (Å²) in [5, 5.41) is 10.4. The van der Waals surface area contributed by atoms with Gasteiger partial charge in [-0.1, -0.05) is 20.8 Å². The maximum Gasteiger partial charge on any atom is 0.211 e. The van der Waals surface area contributed by atoms with E-state index in [4.69, 9.17) is 9.47 Å². The van der Waals surface area contributed by atoms with Gasteiger partial charge in [-0.15, -0.1) is 0 Å². The summed E-state index contributed by atoms with van der Waals surface area (Å²) in [6.45, 7) is 7.15. The van der Waals surface area contributed by atoms with Crippen LogP contribution in [0.2, 0.25) is 0 Å². The van der Waals surface area contributed by atoms with Crippen molar-refractivity contribution < 1.29 is 14.4 Å². The first kappa shape index (κ1) is 12.4. The van der Waals surface area contributed by atoms with Crippen molar-refractivity contribution in [2.45, 2.75) is 33.5 Å². The lowest BCUT2D eigenvalue weighted by atomic mass is 9.94. The smallest absolute Gasteiger partial charge is 0.211 e. The Kier molecular flexibility index (Phi) is 4.04. The van der Waals surface area contributed by atoms with Gasteiger partial charge in [0.2, 0.25) is 6.54 Å². The standard InChI is InChI=1S/C10H19NO4/c1-4-8(5-11(12)13)9-14-6-10(2,3)7-15-9/h8-9H,4-7H2,1-3H3/t8-/m0/s1. The first-order valence-corrected chi connectivity index (χ1v) is 5.29. The highest BCUT2D eigenvalue weighted by Gasteiger charge is 2.34. The molecule has 0 spiro atoms. The van der Waals surface area contributed by atoms with Gasteiger partial charge >= 0.3 is 0 Å². The average Bonchev–Trinajstić information content (AvgIpc) is 2.14. The highest BCUT2D eigenvalue weighted by atomic mass is 16.7. The van der Waals surface area contributed by atoms with Crippen LogP contribution in [0.5, 0.6) is 0 Å². The molecule has 1 heterocycles. The second-order valence-electron chi connectivity index (χ2n) is 4.84. The molecule has 0 radical (unpaired) electrons. The van der Waals surface area contributed by atoms with E-state index in [2.05, 4.69) is 13.8 Å². The number of nitro groups is 1. The summed E-state index contributed by atoms with van der Waals surface area (Å²) in [4.78, 5) is 10.1. The van der Waals surface area contributed by atoms with Gasteiger partial charge in [0.1, 0.15) is 0 Å². The van der Waals surface area contributed by atoms with Gasteiger partial charge in [-0.05, 0) is 6.42 Å². The molecule has 1 fully saturated rings. The monoisotopic (exact) mass is 217 g/mol. The molecular weight excluding hydrogens is 198 g/mol. The SMILES string of the molecule is CC[C@@H](C[N+](=O)[O-])C1OCC(C)(C)CO1. The summed E-state index contributed by atoms with van der Waals surface area (Å²) in [5.41, 5.74) is 0.0173. The second-order valence-corrected chi connectivity index (χ2v) is 4.84. The fourth-order valence-electron chi connectivity index (χ4n) is 1.58. The minimum Gasteiger partial charge on any atom is -0.351 e. The summed E-state index contributed by atoms with van der Waals surface area (Å²) in [6, 6.07) is 0. The molecule has 1 saturated heterocycles. The summed E-state index contributed by atoms with van der Waals surface area (Å²) in [6.07, 6.45) is 0.292. The Morgan fingerprint density at radius 3 is 2.40 bits per heavy atom. The molecule has 5 nitrogen and oxygen atoms in total. The van der Waals surface area contributed by atoms with Crippen LogP contribution in [0, 0.1) is 21.4 Å². The molecule has 0 aromatic carbocycles. The molecule has 0 saturated carbocycles.